The Morgan fingerprint density at radius 3 is 2.23 bits per heavy atom. The van der Waals surface area contributed by atoms with Crippen molar-refractivity contribution in [3.8, 4) is 0 Å². The molecule has 0 aliphatic carbocycles. The zero-order valence-corrected chi connectivity index (χ0v) is 13.6. The van der Waals surface area contributed by atoms with Crippen LogP contribution in [0.5, 0.6) is 0 Å². The van der Waals surface area contributed by atoms with Crippen molar-refractivity contribution in [2.24, 2.45) is 0 Å². The number of carbonyl (C=O) groups is 1. The Kier molecular flexibility index (Phi) is 3.65. The molecule has 1 aliphatic heterocycles. The Bertz CT molecular complexity index is 986. The molecule has 3 aromatic carbocycles. The summed E-state index contributed by atoms with van der Waals surface area (Å²) in [5.74, 6) is -0.418. The zero-order valence-electron chi connectivity index (χ0n) is 13.6. The maximum absolute atomic E-state index is 12.4. The van der Waals surface area contributed by atoms with Gasteiger partial charge in [0.2, 0.25) is 5.72 Å². The van der Waals surface area contributed by atoms with E-state index in [9.17, 15) is 14.9 Å². The van der Waals surface area contributed by atoms with Crippen molar-refractivity contribution in [3.63, 3.8) is 0 Å². The van der Waals surface area contributed by atoms with E-state index in [0.29, 0.717) is 16.8 Å². The van der Waals surface area contributed by atoms with Gasteiger partial charge in [-0.25, -0.2) is 4.79 Å². The average molecular weight is 346 g/mol. The summed E-state index contributed by atoms with van der Waals surface area (Å²) < 4.78 is 5.80. The van der Waals surface area contributed by atoms with Crippen LogP contribution in [0.3, 0.4) is 0 Å². The molecular formula is C20H14N2O4. The van der Waals surface area contributed by atoms with E-state index in [-0.39, 0.29) is 5.69 Å². The molecule has 1 atom stereocenters. The van der Waals surface area contributed by atoms with Crippen molar-refractivity contribution in [1.29, 1.82) is 0 Å². The first-order valence-electron chi connectivity index (χ1n) is 8.01. The number of ether oxygens (including phenoxy) is 1. The Balaban J connectivity index is 1.83. The van der Waals surface area contributed by atoms with Crippen molar-refractivity contribution in [1.82, 2.24) is 0 Å². The van der Waals surface area contributed by atoms with Crippen LogP contribution in [0, 0.1) is 10.1 Å². The number of carbonyl (C=O) groups excluding carboxylic acids is 1. The monoisotopic (exact) mass is 346 g/mol. The maximum atomic E-state index is 12.4. The summed E-state index contributed by atoms with van der Waals surface area (Å²) >= 11 is 0. The Morgan fingerprint density at radius 1 is 0.885 bits per heavy atom. The van der Waals surface area contributed by atoms with Gasteiger partial charge in [0.1, 0.15) is 0 Å². The van der Waals surface area contributed by atoms with E-state index in [1.807, 2.05) is 42.5 Å². The van der Waals surface area contributed by atoms with Crippen molar-refractivity contribution < 1.29 is 14.5 Å². The third-order valence-corrected chi connectivity index (χ3v) is 4.35. The van der Waals surface area contributed by atoms with Gasteiger partial charge >= 0.3 is 5.97 Å². The van der Waals surface area contributed by atoms with Gasteiger partial charge in [-0.3, -0.25) is 10.1 Å². The standard InChI is InChI=1S/C20H14N2O4/c23-19-17-8-4-5-9-18(17)20(26-19,14-6-2-1-3-7-14)21-15-10-12-16(13-11-15)22(24)25/h1-13,21H. The number of non-ortho nitro benzene ring substituents is 1. The van der Waals surface area contributed by atoms with E-state index in [1.165, 1.54) is 12.1 Å². The number of esters is 1. The van der Waals surface area contributed by atoms with Gasteiger partial charge in [-0.2, -0.15) is 0 Å². The summed E-state index contributed by atoms with van der Waals surface area (Å²) in [6.07, 6.45) is 0. The molecule has 0 saturated heterocycles. The van der Waals surface area contributed by atoms with E-state index in [1.54, 1.807) is 24.3 Å². The molecule has 4 rings (SSSR count). The number of fused-ring (bicyclic) bond motifs is 1. The molecule has 6 heteroatoms. The Hall–Kier alpha value is -3.67. The summed E-state index contributed by atoms with van der Waals surface area (Å²) in [4.78, 5) is 22.8. The van der Waals surface area contributed by atoms with Crippen molar-refractivity contribution >= 4 is 17.3 Å². The first-order chi connectivity index (χ1) is 12.6. The molecule has 26 heavy (non-hydrogen) atoms. The highest BCUT2D eigenvalue weighted by Crippen LogP contribution is 2.42. The second kappa shape index (κ2) is 6.00. The molecule has 1 N–H and O–H groups in total. The molecule has 1 aliphatic rings. The highest BCUT2D eigenvalue weighted by molar-refractivity contribution is 5.96. The zero-order chi connectivity index (χ0) is 18.1. The van der Waals surface area contributed by atoms with Gasteiger partial charge < -0.3 is 10.1 Å². The van der Waals surface area contributed by atoms with E-state index in [2.05, 4.69) is 5.32 Å². The van der Waals surface area contributed by atoms with Crippen LogP contribution in [0.1, 0.15) is 21.5 Å². The highest BCUT2D eigenvalue weighted by Gasteiger charge is 2.47. The molecule has 6 nitrogen and oxygen atoms in total. The minimum absolute atomic E-state index is 0.00636. The molecule has 0 spiro atoms. The second-order valence-electron chi connectivity index (χ2n) is 5.91. The molecule has 3 aromatic rings. The van der Waals surface area contributed by atoms with Gasteiger partial charge in [0.15, 0.2) is 0 Å². The minimum atomic E-state index is -1.19. The van der Waals surface area contributed by atoms with E-state index < -0.39 is 16.6 Å². The van der Waals surface area contributed by atoms with Gasteiger partial charge in [-0.05, 0) is 18.2 Å². The summed E-state index contributed by atoms with van der Waals surface area (Å²) in [6.45, 7) is 0. The largest absolute Gasteiger partial charge is 0.427 e. The summed E-state index contributed by atoms with van der Waals surface area (Å²) in [5, 5.41) is 14.1. The molecule has 0 bridgehead atoms. The van der Waals surface area contributed by atoms with E-state index >= 15 is 0 Å². The number of nitrogens with one attached hydrogen (secondary N) is 1. The number of nitro benzene ring substituents is 1. The molecule has 0 saturated carbocycles. The highest BCUT2D eigenvalue weighted by atomic mass is 16.6. The van der Waals surface area contributed by atoms with Crippen LogP contribution in [-0.2, 0) is 10.5 Å². The lowest BCUT2D eigenvalue weighted by Gasteiger charge is -2.31. The van der Waals surface area contributed by atoms with Crippen molar-refractivity contribution in [2.75, 3.05) is 5.32 Å². The fraction of sp³-hybridized carbons (Fsp3) is 0.0500. The molecule has 0 fully saturated rings. The number of hydrogen-bond acceptors (Lipinski definition) is 5. The fourth-order valence-electron chi connectivity index (χ4n) is 3.14. The topological polar surface area (TPSA) is 81.5 Å². The maximum Gasteiger partial charge on any atom is 0.341 e. The Labute approximate surface area is 149 Å². The number of rotatable bonds is 4. The summed E-state index contributed by atoms with van der Waals surface area (Å²) in [7, 11) is 0. The van der Waals surface area contributed by atoms with Gasteiger partial charge in [0, 0.05) is 28.9 Å². The molecule has 1 unspecified atom stereocenters. The number of cyclic esters (lactones) is 1. The minimum Gasteiger partial charge on any atom is -0.427 e. The SMILES string of the molecule is O=C1OC(Nc2ccc([N+](=O)[O-])cc2)(c2ccccc2)c2ccccc21. The third kappa shape index (κ3) is 2.48. The molecule has 128 valence electrons. The van der Waals surface area contributed by atoms with Crippen LogP contribution in [0.15, 0.2) is 78.9 Å². The normalized spacial score (nSPS) is 18.1. The first kappa shape index (κ1) is 15.8. The lowest BCUT2D eigenvalue weighted by atomic mass is 9.92. The molecule has 0 radical (unpaired) electrons. The van der Waals surface area contributed by atoms with Gasteiger partial charge in [0.05, 0.1) is 10.5 Å². The lowest BCUT2D eigenvalue weighted by Crippen LogP contribution is -2.36. The van der Waals surface area contributed by atoms with Gasteiger partial charge in [-0.1, -0.05) is 48.5 Å². The Morgan fingerprint density at radius 2 is 1.54 bits per heavy atom. The summed E-state index contributed by atoms with van der Waals surface area (Å²) in [5.41, 5.74) is 1.36. The second-order valence-corrected chi connectivity index (χ2v) is 5.91. The molecule has 0 aromatic heterocycles. The molecule has 1 heterocycles. The quantitative estimate of drug-likeness (QED) is 0.437. The van der Waals surface area contributed by atoms with E-state index in [4.69, 9.17) is 4.74 Å². The van der Waals surface area contributed by atoms with Crippen LogP contribution in [0.4, 0.5) is 11.4 Å². The number of benzene rings is 3. The van der Waals surface area contributed by atoms with Crippen molar-refractivity contribution in [2.45, 2.75) is 5.72 Å². The smallest absolute Gasteiger partial charge is 0.341 e. The van der Waals surface area contributed by atoms with Crippen LogP contribution in [-0.4, -0.2) is 10.9 Å². The summed E-state index contributed by atoms with van der Waals surface area (Å²) in [6, 6.07) is 22.5. The number of nitro groups is 1. The number of nitrogens with zero attached hydrogens (tertiary/aromatic N) is 1. The van der Waals surface area contributed by atoms with Crippen LogP contribution in [0.2, 0.25) is 0 Å². The predicted octanol–water partition coefficient (Wildman–Crippen LogP) is 4.08. The van der Waals surface area contributed by atoms with E-state index in [0.717, 1.165) is 5.56 Å². The van der Waals surface area contributed by atoms with Crippen molar-refractivity contribution in [3.05, 3.63) is 106 Å². The lowest BCUT2D eigenvalue weighted by molar-refractivity contribution is -0.384. The average Bonchev–Trinajstić information content (AvgIpc) is 2.96. The van der Waals surface area contributed by atoms with Crippen LogP contribution in [0.25, 0.3) is 0 Å². The molecular weight excluding hydrogens is 332 g/mol. The number of anilines is 1. The predicted molar refractivity (Wildman–Crippen MR) is 95.8 cm³/mol. The number of hydrogen-bond donors (Lipinski definition) is 1. The third-order valence-electron chi connectivity index (χ3n) is 4.35. The molecule has 0 amide bonds. The van der Waals surface area contributed by atoms with Crippen LogP contribution < -0.4 is 5.32 Å². The fourth-order valence-corrected chi connectivity index (χ4v) is 3.14. The van der Waals surface area contributed by atoms with Gasteiger partial charge in [-0.15, -0.1) is 0 Å². The van der Waals surface area contributed by atoms with Gasteiger partial charge in [0.25, 0.3) is 5.69 Å². The first-order valence-corrected chi connectivity index (χ1v) is 8.01. The van der Waals surface area contributed by atoms with Crippen LogP contribution >= 0.6 is 0 Å².